The van der Waals surface area contributed by atoms with Crippen molar-refractivity contribution < 1.29 is 13.6 Å². The number of carbonyl (C=O) groups excluding carboxylic acids is 1. The Kier molecular flexibility index (Phi) is 4.98. The van der Waals surface area contributed by atoms with Gasteiger partial charge in [-0.3, -0.25) is 4.79 Å². The Morgan fingerprint density at radius 1 is 1.14 bits per heavy atom. The molecule has 0 aliphatic rings. The molecule has 4 rings (SSSR count). The van der Waals surface area contributed by atoms with Gasteiger partial charge in [-0.25, -0.2) is 18.3 Å². The number of benzene rings is 2. The van der Waals surface area contributed by atoms with Crippen LogP contribution in [0.5, 0.6) is 0 Å². The van der Waals surface area contributed by atoms with Gasteiger partial charge in [-0.2, -0.15) is 5.10 Å². The van der Waals surface area contributed by atoms with Crippen molar-refractivity contribution in [2.24, 2.45) is 0 Å². The third kappa shape index (κ3) is 3.69. The van der Waals surface area contributed by atoms with Crippen LogP contribution >= 0.6 is 11.6 Å². The molecule has 2 aromatic carbocycles. The minimum Gasteiger partial charge on any atom is -0.322 e. The van der Waals surface area contributed by atoms with Crippen molar-refractivity contribution >= 4 is 28.8 Å². The summed E-state index contributed by atoms with van der Waals surface area (Å²) in [6.07, 6.45) is -1.55. The van der Waals surface area contributed by atoms with Crippen LogP contribution in [-0.4, -0.2) is 20.5 Å². The topological polar surface area (TPSA) is 59.3 Å². The molecule has 2 aromatic heterocycles. The van der Waals surface area contributed by atoms with E-state index in [0.717, 1.165) is 10.1 Å². The van der Waals surface area contributed by atoms with Crippen LogP contribution in [0.25, 0.3) is 16.9 Å². The van der Waals surface area contributed by atoms with Crippen LogP contribution in [0.15, 0.2) is 60.8 Å². The number of aryl methyl sites for hydroxylation is 1. The van der Waals surface area contributed by atoms with Crippen LogP contribution in [0.1, 0.15) is 28.0 Å². The molecule has 146 valence electrons. The van der Waals surface area contributed by atoms with E-state index in [1.165, 1.54) is 12.3 Å². The first-order chi connectivity index (χ1) is 13.9. The average molecular weight is 413 g/mol. The number of nitrogens with zero attached hydrogens (tertiary/aromatic N) is 3. The Balaban J connectivity index is 1.82. The van der Waals surface area contributed by atoms with Crippen LogP contribution in [0.2, 0.25) is 5.02 Å². The standard InChI is InChI=1S/C21H15ClF2N4O/c1-12-7-8-14(22)9-16(12)27-21(29)15-11-25-28-18(19(23)24)10-17(26-20(15)28)13-5-3-2-4-6-13/h2-11,19H,1H3,(H,27,29). The number of fused-ring (bicyclic) bond motifs is 1. The molecule has 0 unspecified atom stereocenters. The average Bonchev–Trinajstić information content (AvgIpc) is 3.14. The van der Waals surface area contributed by atoms with Crippen molar-refractivity contribution in [3.8, 4) is 11.3 Å². The predicted octanol–water partition coefficient (Wildman–Crippen LogP) is 5.55. The number of nitrogens with one attached hydrogen (secondary N) is 1. The molecule has 8 heteroatoms. The summed E-state index contributed by atoms with van der Waals surface area (Å²) in [5.41, 5.74) is 2.13. The molecule has 0 bridgehead atoms. The molecule has 1 amide bonds. The van der Waals surface area contributed by atoms with Gasteiger partial charge in [0.15, 0.2) is 5.65 Å². The Bertz CT molecular complexity index is 1210. The molecule has 0 fully saturated rings. The second-order valence-corrected chi connectivity index (χ2v) is 6.88. The van der Waals surface area contributed by atoms with E-state index >= 15 is 0 Å². The number of amides is 1. The SMILES string of the molecule is Cc1ccc(Cl)cc1NC(=O)c1cnn2c(C(F)F)cc(-c3ccccc3)nc12. The van der Waals surface area contributed by atoms with E-state index in [1.807, 2.05) is 13.0 Å². The quantitative estimate of drug-likeness (QED) is 0.478. The number of aromatic nitrogens is 3. The molecule has 0 radical (unpaired) electrons. The van der Waals surface area contributed by atoms with Gasteiger partial charge in [0.05, 0.1) is 11.9 Å². The summed E-state index contributed by atoms with van der Waals surface area (Å²) in [4.78, 5) is 17.3. The summed E-state index contributed by atoms with van der Waals surface area (Å²) in [5.74, 6) is -0.511. The monoisotopic (exact) mass is 412 g/mol. The van der Waals surface area contributed by atoms with E-state index in [1.54, 1.807) is 42.5 Å². The molecule has 0 saturated carbocycles. The number of halogens is 3. The zero-order valence-corrected chi connectivity index (χ0v) is 16.0. The first-order valence-electron chi connectivity index (χ1n) is 8.74. The maximum Gasteiger partial charge on any atom is 0.280 e. The summed E-state index contributed by atoms with van der Waals surface area (Å²) < 4.78 is 28.3. The second-order valence-electron chi connectivity index (χ2n) is 6.44. The lowest BCUT2D eigenvalue weighted by Crippen LogP contribution is -2.13. The normalized spacial score (nSPS) is 11.2. The number of anilines is 1. The molecule has 29 heavy (non-hydrogen) atoms. The van der Waals surface area contributed by atoms with Crippen LogP contribution < -0.4 is 5.32 Å². The highest BCUT2D eigenvalue weighted by molar-refractivity contribution is 6.31. The smallest absolute Gasteiger partial charge is 0.280 e. The lowest BCUT2D eigenvalue weighted by atomic mass is 10.1. The van der Waals surface area contributed by atoms with Crippen LogP contribution in [0, 0.1) is 6.92 Å². The third-order valence-electron chi connectivity index (χ3n) is 4.48. The van der Waals surface area contributed by atoms with Gasteiger partial charge in [-0.15, -0.1) is 0 Å². The Morgan fingerprint density at radius 2 is 1.90 bits per heavy atom. The van der Waals surface area contributed by atoms with E-state index in [-0.39, 0.29) is 16.9 Å². The van der Waals surface area contributed by atoms with Crippen molar-refractivity contribution in [1.29, 1.82) is 0 Å². The van der Waals surface area contributed by atoms with Crippen LogP contribution in [0.4, 0.5) is 14.5 Å². The van der Waals surface area contributed by atoms with Crippen molar-refractivity contribution in [3.05, 3.63) is 82.6 Å². The summed E-state index contributed by atoms with van der Waals surface area (Å²) >= 11 is 6.00. The minimum absolute atomic E-state index is 0.0545. The van der Waals surface area contributed by atoms with E-state index in [9.17, 15) is 13.6 Å². The molecule has 0 spiro atoms. The van der Waals surface area contributed by atoms with Gasteiger partial charge in [-0.1, -0.05) is 48.0 Å². The molecule has 5 nitrogen and oxygen atoms in total. The highest BCUT2D eigenvalue weighted by atomic mass is 35.5. The summed E-state index contributed by atoms with van der Waals surface area (Å²) in [5, 5.41) is 7.18. The second kappa shape index (κ2) is 7.60. The van der Waals surface area contributed by atoms with Gasteiger partial charge in [-0.05, 0) is 30.7 Å². The van der Waals surface area contributed by atoms with E-state index in [2.05, 4.69) is 15.4 Å². The lowest BCUT2D eigenvalue weighted by molar-refractivity contribution is 0.102. The number of alkyl halides is 2. The maximum absolute atomic E-state index is 13.6. The third-order valence-corrected chi connectivity index (χ3v) is 4.72. The molecular weight excluding hydrogens is 398 g/mol. The van der Waals surface area contributed by atoms with Crippen molar-refractivity contribution in [3.63, 3.8) is 0 Å². The van der Waals surface area contributed by atoms with Gasteiger partial charge < -0.3 is 5.32 Å². The highest BCUT2D eigenvalue weighted by Crippen LogP contribution is 2.27. The van der Waals surface area contributed by atoms with Crippen molar-refractivity contribution in [2.75, 3.05) is 5.32 Å². The summed E-state index contributed by atoms with van der Waals surface area (Å²) in [7, 11) is 0. The fourth-order valence-electron chi connectivity index (χ4n) is 2.98. The van der Waals surface area contributed by atoms with E-state index < -0.39 is 12.3 Å². The van der Waals surface area contributed by atoms with Gasteiger partial charge in [0.1, 0.15) is 11.3 Å². The lowest BCUT2D eigenvalue weighted by Gasteiger charge is -2.10. The zero-order valence-electron chi connectivity index (χ0n) is 15.2. The predicted molar refractivity (Wildman–Crippen MR) is 108 cm³/mol. The first kappa shape index (κ1) is 19.0. The summed E-state index contributed by atoms with van der Waals surface area (Å²) in [6.45, 7) is 1.82. The molecule has 0 aliphatic carbocycles. The fourth-order valence-corrected chi connectivity index (χ4v) is 3.15. The minimum atomic E-state index is -2.78. The first-order valence-corrected chi connectivity index (χ1v) is 9.11. The Labute approximate surface area is 170 Å². The molecule has 1 N–H and O–H groups in total. The molecule has 0 atom stereocenters. The van der Waals surface area contributed by atoms with Crippen LogP contribution in [-0.2, 0) is 0 Å². The van der Waals surface area contributed by atoms with Gasteiger partial charge in [0.25, 0.3) is 12.3 Å². The van der Waals surface area contributed by atoms with Crippen LogP contribution in [0.3, 0.4) is 0 Å². The Morgan fingerprint density at radius 3 is 2.62 bits per heavy atom. The number of rotatable bonds is 4. The Hall–Kier alpha value is -3.32. The number of hydrogen-bond acceptors (Lipinski definition) is 3. The zero-order chi connectivity index (χ0) is 20.5. The molecule has 0 aliphatic heterocycles. The molecule has 2 heterocycles. The summed E-state index contributed by atoms with van der Waals surface area (Å²) in [6, 6.07) is 15.3. The van der Waals surface area contributed by atoms with Crippen molar-refractivity contribution in [1.82, 2.24) is 14.6 Å². The fraction of sp³-hybridized carbons (Fsp3) is 0.0952. The molecule has 4 aromatic rings. The largest absolute Gasteiger partial charge is 0.322 e. The van der Waals surface area contributed by atoms with Gasteiger partial charge in [0.2, 0.25) is 0 Å². The van der Waals surface area contributed by atoms with Gasteiger partial charge in [0, 0.05) is 16.3 Å². The number of hydrogen-bond donors (Lipinski definition) is 1. The highest BCUT2D eigenvalue weighted by Gasteiger charge is 2.22. The number of carbonyl (C=O) groups is 1. The molecular formula is C21H15ClF2N4O. The van der Waals surface area contributed by atoms with E-state index in [4.69, 9.17) is 11.6 Å². The van der Waals surface area contributed by atoms with Crippen molar-refractivity contribution in [2.45, 2.75) is 13.3 Å². The van der Waals surface area contributed by atoms with E-state index in [0.29, 0.717) is 22.0 Å². The maximum atomic E-state index is 13.6. The van der Waals surface area contributed by atoms with Gasteiger partial charge >= 0.3 is 0 Å². The molecule has 0 saturated heterocycles.